The Labute approximate surface area is 125 Å². The molecule has 1 heterocycles. The molecule has 0 N–H and O–H groups in total. The molecule has 20 heavy (non-hydrogen) atoms. The van der Waals surface area contributed by atoms with Crippen LogP contribution in [-0.2, 0) is 4.74 Å². The fourth-order valence-corrected chi connectivity index (χ4v) is 6.17. The van der Waals surface area contributed by atoms with Crippen LogP contribution in [0.4, 0.5) is 0 Å². The van der Waals surface area contributed by atoms with E-state index in [-0.39, 0.29) is 0 Å². The molecule has 1 fully saturated rings. The summed E-state index contributed by atoms with van der Waals surface area (Å²) in [5.41, 5.74) is 2.21. The molecule has 0 amide bonds. The Bertz CT molecular complexity index is 407. The quantitative estimate of drug-likeness (QED) is 0.741. The van der Waals surface area contributed by atoms with Crippen LogP contribution >= 0.6 is 0 Å². The number of methoxy groups -OCH3 is 1. The summed E-state index contributed by atoms with van der Waals surface area (Å²) in [6.07, 6.45) is 3.92. The van der Waals surface area contributed by atoms with E-state index in [0.29, 0.717) is 11.6 Å². The van der Waals surface area contributed by atoms with Crippen LogP contribution in [0.1, 0.15) is 30.9 Å². The monoisotopic (exact) mass is 291 g/mol. The van der Waals surface area contributed by atoms with Crippen molar-refractivity contribution in [2.24, 2.45) is 0 Å². The van der Waals surface area contributed by atoms with Gasteiger partial charge in [0, 0.05) is 13.2 Å². The summed E-state index contributed by atoms with van der Waals surface area (Å²) in [7, 11) is 0.512. The van der Waals surface area contributed by atoms with Crippen molar-refractivity contribution in [3.8, 4) is 0 Å². The maximum Gasteiger partial charge on any atom is 0.0700 e. The average Bonchev–Trinajstić information content (AvgIpc) is 2.86. The number of nitrogens with zero attached hydrogens (tertiary/aromatic N) is 1. The molecule has 1 saturated heterocycles. The van der Waals surface area contributed by atoms with Gasteiger partial charge in [-0.05, 0) is 36.7 Å². The number of ether oxygens (including phenoxy) is 1. The number of benzene rings is 1. The summed E-state index contributed by atoms with van der Waals surface area (Å²) >= 11 is 0. The summed E-state index contributed by atoms with van der Waals surface area (Å²) in [6, 6.07) is 11.7. The number of likely N-dealkylation sites (tertiary alicyclic amines) is 1. The molecule has 2 atom stereocenters. The first-order valence-electron chi connectivity index (χ1n) is 7.82. The summed E-state index contributed by atoms with van der Waals surface area (Å²) in [5.74, 6) is 0. The molecule has 1 aromatic carbocycles. The van der Waals surface area contributed by atoms with Gasteiger partial charge in [0.25, 0.3) is 0 Å². The van der Waals surface area contributed by atoms with Crippen LogP contribution in [0, 0.1) is 0 Å². The zero-order valence-electron chi connectivity index (χ0n) is 13.4. The van der Waals surface area contributed by atoms with E-state index in [2.05, 4.69) is 55.2 Å². The molecular weight excluding hydrogens is 262 g/mol. The molecule has 0 unspecified atom stereocenters. The number of rotatable bonds is 6. The van der Waals surface area contributed by atoms with Gasteiger partial charge in [-0.15, -0.1) is 0 Å². The fourth-order valence-electron chi connectivity index (χ4n) is 3.34. The van der Waals surface area contributed by atoms with Crippen molar-refractivity contribution >= 4 is 8.07 Å². The molecule has 1 aromatic rings. The van der Waals surface area contributed by atoms with Crippen molar-refractivity contribution in [3.05, 3.63) is 35.9 Å². The van der Waals surface area contributed by atoms with Crippen molar-refractivity contribution < 1.29 is 4.74 Å². The summed E-state index contributed by atoms with van der Waals surface area (Å²) in [5, 5.41) is 0. The maximum absolute atomic E-state index is 5.39. The Morgan fingerprint density at radius 1 is 1.30 bits per heavy atom. The van der Waals surface area contributed by atoms with Gasteiger partial charge >= 0.3 is 0 Å². The second-order valence-corrected chi connectivity index (χ2v) is 12.0. The molecular formula is C17H29NOSi. The smallest absolute Gasteiger partial charge is 0.0700 e. The molecule has 112 valence electrons. The Morgan fingerprint density at radius 3 is 2.65 bits per heavy atom. The summed E-state index contributed by atoms with van der Waals surface area (Å²) in [6.45, 7) is 9.64. The Balaban J connectivity index is 2.03. The Hall–Kier alpha value is -0.643. The molecule has 0 spiro atoms. The van der Waals surface area contributed by atoms with Gasteiger partial charge in [0.1, 0.15) is 0 Å². The standard InChI is InChI=1S/C17H29NOSi/c1-15(16-9-6-5-7-10-16)20(3,4)14-18-12-8-11-17(18)13-19-2/h5-7,9-10,15,17H,8,11-14H2,1-4H3/t15-,17-/m0/s1. The highest BCUT2D eigenvalue weighted by Gasteiger charge is 2.35. The van der Waals surface area contributed by atoms with Crippen molar-refractivity contribution in [3.63, 3.8) is 0 Å². The summed E-state index contributed by atoms with van der Waals surface area (Å²) < 4.78 is 5.39. The molecule has 1 aliphatic heterocycles. The number of hydrogen-bond acceptors (Lipinski definition) is 2. The van der Waals surface area contributed by atoms with Gasteiger partial charge in [-0.1, -0.05) is 50.3 Å². The largest absolute Gasteiger partial charge is 0.383 e. The van der Waals surface area contributed by atoms with E-state index >= 15 is 0 Å². The van der Waals surface area contributed by atoms with Gasteiger partial charge in [-0.2, -0.15) is 0 Å². The van der Waals surface area contributed by atoms with E-state index in [4.69, 9.17) is 4.74 Å². The van der Waals surface area contributed by atoms with Crippen molar-refractivity contribution in [2.45, 2.75) is 44.4 Å². The van der Waals surface area contributed by atoms with E-state index in [0.717, 1.165) is 6.61 Å². The molecule has 1 aliphatic rings. The Kier molecular flexibility index (Phi) is 5.41. The van der Waals surface area contributed by atoms with Crippen LogP contribution in [0.3, 0.4) is 0 Å². The molecule has 2 rings (SSSR count). The van der Waals surface area contributed by atoms with Gasteiger partial charge in [-0.3, -0.25) is 0 Å². The molecule has 0 radical (unpaired) electrons. The van der Waals surface area contributed by atoms with E-state index in [9.17, 15) is 0 Å². The lowest BCUT2D eigenvalue weighted by molar-refractivity contribution is 0.124. The van der Waals surface area contributed by atoms with E-state index in [1.54, 1.807) is 0 Å². The first kappa shape index (κ1) is 15.7. The van der Waals surface area contributed by atoms with Gasteiger partial charge in [-0.25, -0.2) is 0 Å². The van der Waals surface area contributed by atoms with Crippen molar-refractivity contribution in [1.29, 1.82) is 0 Å². The van der Waals surface area contributed by atoms with Crippen LogP contribution in [0.25, 0.3) is 0 Å². The third kappa shape index (κ3) is 3.71. The predicted octanol–water partition coefficient (Wildman–Crippen LogP) is 3.69. The minimum Gasteiger partial charge on any atom is -0.383 e. The second kappa shape index (κ2) is 6.88. The van der Waals surface area contributed by atoms with Gasteiger partial charge in [0.2, 0.25) is 0 Å². The minimum absolute atomic E-state index is 0.648. The molecule has 3 heteroatoms. The molecule has 0 aromatic heterocycles. The van der Waals surface area contributed by atoms with Gasteiger partial charge in [0.15, 0.2) is 0 Å². The van der Waals surface area contributed by atoms with Crippen LogP contribution in [-0.4, -0.2) is 45.4 Å². The topological polar surface area (TPSA) is 12.5 Å². The van der Waals surface area contributed by atoms with E-state index in [1.807, 2.05) is 7.11 Å². The SMILES string of the molecule is COC[C@@H]1CCCN1C[Si](C)(C)[C@@H](C)c1ccccc1. The first-order valence-corrected chi connectivity index (χ1v) is 11.1. The Morgan fingerprint density at radius 2 is 2.00 bits per heavy atom. The highest BCUT2D eigenvalue weighted by Crippen LogP contribution is 2.29. The zero-order valence-corrected chi connectivity index (χ0v) is 14.4. The van der Waals surface area contributed by atoms with Gasteiger partial charge < -0.3 is 9.64 Å². The fraction of sp³-hybridized carbons (Fsp3) is 0.647. The average molecular weight is 292 g/mol. The molecule has 0 bridgehead atoms. The van der Waals surface area contributed by atoms with E-state index < -0.39 is 8.07 Å². The lowest BCUT2D eigenvalue weighted by Gasteiger charge is -2.36. The second-order valence-electron chi connectivity index (χ2n) is 6.84. The number of hydrogen-bond donors (Lipinski definition) is 0. The normalized spacial score (nSPS) is 22.1. The lowest BCUT2D eigenvalue weighted by Crippen LogP contribution is -2.49. The van der Waals surface area contributed by atoms with Crippen molar-refractivity contribution in [1.82, 2.24) is 4.90 Å². The molecule has 0 saturated carbocycles. The highest BCUT2D eigenvalue weighted by molar-refractivity contribution is 6.78. The minimum atomic E-state index is -1.31. The molecule has 2 nitrogen and oxygen atoms in total. The van der Waals surface area contributed by atoms with Crippen LogP contribution in [0.15, 0.2) is 30.3 Å². The lowest BCUT2D eigenvalue weighted by atomic mass is 10.2. The van der Waals surface area contributed by atoms with E-state index in [1.165, 1.54) is 31.1 Å². The zero-order chi connectivity index (χ0) is 14.6. The third-order valence-corrected chi connectivity index (χ3v) is 8.84. The third-order valence-electron chi connectivity index (χ3n) is 4.94. The molecule has 0 aliphatic carbocycles. The maximum atomic E-state index is 5.39. The first-order chi connectivity index (χ1) is 9.54. The van der Waals surface area contributed by atoms with Crippen LogP contribution in [0.5, 0.6) is 0 Å². The van der Waals surface area contributed by atoms with Gasteiger partial charge in [0.05, 0.1) is 14.7 Å². The van der Waals surface area contributed by atoms with Crippen LogP contribution in [0.2, 0.25) is 13.1 Å². The van der Waals surface area contributed by atoms with Crippen LogP contribution < -0.4 is 0 Å². The predicted molar refractivity (Wildman–Crippen MR) is 88.8 cm³/mol. The van der Waals surface area contributed by atoms with Crippen molar-refractivity contribution in [2.75, 3.05) is 26.4 Å². The summed E-state index contributed by atoms with van der Waals surface area (Å²) in [4.78, 5) is 2.69. The highest BCUT2D eigenvalue weighted by atomic mass is 28.3.